The van der Waals surface area contributed by atoms with Gasteiger partial charge in [-0.3, -0.25) is 0 Å². The minimum Gasteiger partial charge on any atom is -0.427 e. The molecule has 2 aliphatic heterocycles. The van der Waals surface area contributed by atoms with E-state index < -0.39 is 32.3 Å². The highest BCUT2D eigenvalue weighted by Crippen LogP contribution is 2.52. The zero-order valence-electron chi connectivity index (χ0n) is 58.9. The van der Waals surface area contributed by atoms with Gasteiger partial charge < -0.3 is 38.4 Å². The molecule has 15 heteroatoms. The molecule has 0 amide bonds. The van der Waals surface area contributed by atoms with Gasteiger partial charge in [0, 0.05) is 30.8 Å². The molecule has 96 heavy (non-hydrogen) atoms. The van der Waals surface area contributed by atoms with Crippen LogP contribution in [0.25, 0.3) is 55.6 Å². The number of aliphatic hydroxyl groups is 1. The molecule has 5 aliphatic rings. The molecule has 0 aromatic heterocycles. The van der Waals surface area contributed by atoms with Gasteiger partial charge in [0.25, 0.3) is 0 Å². The van der Waals surface area contributed by atoms with E-state index in [9.17, 15) is 5.11 Å². The van der Waals surface area contributed by atoms with Gasteiger partial charge in [0.05, 0.1) is 33.6 Å². The van der Waals surface area contributed by atoms with Crippen molar-refractivity contribution < 1.29 is 38.4 Å². The van der Waals surface area contributed by atoms with E-state index in [2.05, 4.69) is 209 Å². The molecule has 2 heterocycles. The number of rotatable bonds is 8. The average Bonchev–Trinajstić information content (AvgIpc) is 1.62. The maximum atomic E-state index is 10.3. The minimum atomic E-state index is -1.43. The highest BCUT2D eigenvalue weighted by Gasteiger charge is 2.64. The zero-order chi connectivity index (χ0) is 69.9. The first-order valence-electron chi connectivity index (χ1n) is 33.1. The summed E-state index contributed by atoms with van der Waals surface area (Å²) in [5.41, 5.74) is 19.8. The van der Waals surface area contributed by atoms with E-state index in [1.807, 2.05) is 93.5 Å². The van der Waals surface area contributed by atoms with E-state index in [1.54, 1.807) is 39.5 Å². The monoisotopic (exact) mass is 1380 g/mol. The second-order valence-corrected chi connectivity index (χ2v) is 32.1. The molecule has 1 radical (unpaired) electrons. The van der Waals surface area contributed by atoms with Crippen LogP contribution >= 0.6 is 39.1 Å². The molecule has 8 nitrogen and oxygen atoms in total. The summed E-state index contributed by atoms with van der Waals surface area (Å²) < 4.78 is 31.0. The van der Waals surface area contributed by atoms with Crippen molar-refractivity contribution in [1.82, 2.24) is 0 Å². The fourth-order valence-electron chi connectivity index (χ4n) is 12.9. The number of benzene rings is 9. The fourth-order valence-corrected chi connectivity index (χ4v) is 13.7. The van der Waals surface area contributed by atoms with Crippen LogP contribution in [-0.4, -0.2) is 77.4 Å². The number of hydrogen-bond donors (Lipinski definition) is 3. The van der Waals surface area contributed by atoms with Crippen LogP contribution in [0.4, 0.5) is 0 Å². The maximum Gasteiger partial charge on any atom is 0.488 e. The lowest BCUT2D eigenvalue weighted by molar-refractivity contribution is -0.0893. The highest BCUT2D eigenvalue weighted by atomic mass is 79.9. The van der Waals surface area contributed by atoms with Crippen LogP contribution in [0.1, 0.15) is 158 Å². The summed E-state index contributed by atoms with van der Waals surface area (Å²) in [7, 11) is -0.639. The van der Waals surface area contributed by atoms with Gasteiger partial charge in [-0.2, -0.15) is 0 Å². The normalized spacial score (nSPS) is 17.6. The smallest absolute Gasteiger partial charge is 0.427 e. The Morgan fingerprint density at radius 1 is 0.396 bits per heavy atom. The summed E-state index contributed by atoms with van der Waals surface area (Å²) in [6, 6.07) is 69.1. The molecule has 14 rings (SSSR count). The van der Waals surface area contributed by atoms with Crippen LogP contribution in [0.3, 0.4) is 0 Å². The Labute approximate surface area is 591 Å². The van der Waals surface area contributed by atoms with Crippen molar-refractivity contribution in [3.63, 3.8) is 0 Å². The van der Waals surface area contributed by atoms with Crippen LogP contribution in [-0.2, 0) is 39.5 Å². The average molecular weight is 1390 g/mol. The summed E-state index contributed by atoms with van der Waals surface area (Å²) in [4.78, 5) is 0. The largest absolute Gasteiger partial charge is 0.488 e. The van der Waals surface area contributed by atoms with Crippen LogP contribution < -0.4 is 10.9 Å². The van der Waals surface area contributed by atoms with Crippen LogP contribution in [0.15, 0.2) is 205 Å². The molecule has 9 aromatic carbocycles. The number of fused-ring (bicyclic) bond motifs is 9. The van der Waals surface area contributed by atoms with E-state index >= 15 is 0 Å². The quantitative estimate of drug-likeness (QED) is 0.129. The maximum absolute atomic E-state index is 10.3. The SMILES string of the molecule is CC1(C)OB(B2OC(C)(C)C(C)(C)O2)OC1(C)C.CC1(C)c2ccccc2-c2ccc(-c3cccc(Cl)c3)cc21.CC1(C)c2ccccc2-c2ccc(-c3cccc([B]OC(C)(C)C(C)(C)O)c3)cc21.CC1(C)c2ccccc2-c2ccc(Br)cc21.OB(O)c1cccc(Cl)c1. The third-order valence-electron chi connectivity index (χ3n) is 21.0. The second kappa shape index (κ2) is 27.3. The van der Waals surface area contributed by atoms with Gasteiger partial charge in [0.1, 0.15) is 0 Å². The molecule has 0 atom stereocenters. The van der Waals surface area contributed by atoms with E-state index in [0.717, 1.165) is 20.5 Å². The van der Waals surface area contributed by atoms with E-state index in [-0.39, 0.29) is 38.6 Å². The van der Waals surface area contributed by atoms with Crippen molar-refractivity contribution in [3.8, 4) is 55.6 Å². The molecule has 495 valence electrons. The molecule has 3 aliphatic carbocycles. The van der Waals surface area contributed by atoms with Crippen molar-refractivity contribution in [2.24, 2.45) is 0 Å². The molecule has 0 saturated carbocycles. The second-order valence-electron chi connectivity index (χ2n) is 30.3. The van der Waals surface area contributed by atoms with Crippen molar-refractivity contribution in [2.75, 3.05) is 0 Å². The van der Waals surface area contributed by atoms with E-state index in [4.69, 9.17) is 56.5 Å². The molecule has 2 saturated heterocycles. The molecule has 3 N–H and O–H groups in total. The summed E-state index contributed by atoms with van der Waals surface area (Å²) in [6.45, 7) is 37.3. The first kappa shape index (κ1) is 72.7. The first-order valence-corrected chi connectivity index (χ1v) is 34.6. The molecular formula is C81H90B4BrCl2O8. The standard InChI is InChI=1S/C27H30BO2.C21H17Cl.C15H13Br.C12H24B2O4.C6H6BClO2/c1-25(2)23-13-8-7-12-21(23)22-15-14-19(17-24(22)25)18-10-9-11-20(16-18)28-30-27(5,6)26(3,4)29;1-21(2)19-9-4-3-8-17(19)18-11-10-15(13-20(18)21)14-6-5-7-16(22)12-14;1-15(2)13-6-4-3-5-11(13)12-8-7-10(16)9-14(12)15;1-9(2)10(3,4)16-13(15-9)14-17-11(5,6)12(7,8)18-14;8-6-3-1-2-5(4-6)7(9)10/h7-17,29H,1-6H3;3-13H,1-2H3;3-9H,1-2H3;1-8H3;1-4,9-10H. The summed E-state index contributed by atoms with van der Waals surface area (Å²) in [5.74, 6) is 0. The lowest BCUT2D eigenvalue weighted by Gasteiger charge is -2.37. The highest BCUT2D eigenvalue weighted by molar-refractivity contribution is 9.10. The summed E-state index contributed by atoms with van der Waals surface area (Å²) in [5, 5.41) is 28.9. The third kappa shape index (κ3) is 14.7. The fraction of sp³-hybridized carbons (Fsp3) is 0.333. The Morgan fingerprint density at radius 3 is 1.12 bits per heavy atom. The van der Waals surface area contributed by atoms with Gasteiger partial charge in [0.2, 0.25) is 0 Å². The number of hydrogen-bond acceptors (Lipinski definition) is 8. The van der Waals surface area contributed by atoms with Crippen molar-refractivity contribution in [2.45, 2.75) is 174 Å². The first-order chi connectivity index (χ1) is 44.8. The van der Waals surface area contributed by atoms with Crippen molar-refractivity contribution in [1.29, 1.82) is 0 Å². The topological polar surface area (TPSA) is 107 Å². The van der Waals surface area contributed by atoms with Gasteiger partial charge in [-0.15, -0.1) is 0 Å². The summed E-state index contributed by atoms with van der Waals surface area (Å²) >= 11 is 15.3. The van der Waals surface area contributed by atoms with Crippen LogP contribution in [0.5, 0.6) is 0 Å². The lowest BCUT2D eigenvalue weighted by atomic mass is 9.49. The predicted molar refractivity (Wildman–Crippen MR) is 406 cm³/mol. The van der Waals surface area contributed by atoms with Crippen LogP contribution in [0, 0.1) is 0 Å². The predicted octanol–water partition coefficient (Wildman–Crippen LogP) is 18.8. The molecular weight excluding hydrogens is 1290 g/mol. The molecule has 9 aromatic rings. The molecule has 2 fully saturated rings. The zero-order valence-corrected chi connectivity index (χ0v) is 62.0. The lowest BCUT2D eigenvalue weighted by Crippen LogP contribution is -2.49. The third-order valence-corrected chi connectivity index (χ3v) is 21.9. The van der Waals surface area contributed by atoms with Crippen LogP contribution in [0.2, 0.25) is 10.0 Å². The van der Waals surface area contributed by atoms with E-state index in [1.165, 1.54) is 89.5 Å². The van der Waals surface area contributed by atoms with Gasteiger partial charge in [-0.25, -0.2) is 0 Å². The Kier molecular flexibility index (Phi) is 20.6. The minimum absolute atomic E-state index is 0.00842. The van der Waals surface area contributed by atoms with Gasteiger partial charge >= 0.3 is 28.6 Å². The number of halogens is 3. The Bertz CT molecular complexity index is 4260. The summed E-state index contributed by atoms with van der Waals surface area (Å²) in [6.07, 6.45) is 0. The Morgan fingerprint density at radius 2 is 0.740 bits per heavy atom. The van der Waals surface area contributed by atoms with E-state index in [0.29, 0.717) is 10.5 Å². The van der Waals surface area contributed by atoms with Gasteiger partial charge in [-0.05, 0) is 226 Å². The Hall–Kier alpha value is -6.02. The van der Waals surface area contributed by atoms with Gasteiger partial charge in [-0.1, -0.05) is 238 Å². The molecule has 0 spiro atoms. The van der Waals surface area contributed by atoms with Crippen molar-refractivity contribution in [3.05, 3.63) is 248 Å². The van der Waals surface area contributed by atoms with Gasteiger partial charge in [0.15, 0.2) is 0 Å². The Balaban J connectivity index is 0.000000136. The molecule has 0 unspecified atom stereocenters. The van der Waals surface area contributed by atoms with Crippen molar-refractivity contribution >= 4 is 78.7 Å². The molecule has 0 bridgehead atoms.